The van der Waals surface area contributed by atoms with Gasteiger partial charge >= 0.3 is 0 Å². The highest BCUT2D eigenvalue weighted by molar-refractivity contribution is 9.10. The molecule has 0 aromatic heterocycles. The van der Waals surface area contributed by atoms with Crippen LogP contribution in [0.5, 0.6) is 0 Å². The fraction of sp³-hybridized carbons (Fsp3) is 0.333. The predicted octanol–water partition coefficient (Wildman–Crippen LogP) is 1.72. The highest BCUT2D eigenvalue weighted by atomic mass is 79.9. The molecule has 0 heterocycles. The molecular formula is C9H13BrN2. The van der Waals surface area contributed by atoms with Gasteiger partial charge in [0, 0.05) is 17.7 Å². The van der Waals surface area contributed by atoms with Crippen molar-refractivity contribution in [2.45, 2.75) is 6.54 Å². The first-order chi connectivity index (χ1) is 5.84. The van der Waals surface area contributed by atoms with Gasteiger partial charge in [0.25, 0.3) is 0 Å². The minimum atomic E-state index is 0.835. The van der Waals surface area contributed by atoms with Crippen LogP contribution >= 0.6 is 15.9 Å². The van der Waals surface area contributed by atoms with E-state index >= 15 is 0 Å². The minimum Gasteiger partial charge on any atom is -0.308 e. The predicted molar refractivity (Wildman–Crippen MR) is 54.9 cm³/mol. The van der Waals surface area contributed by atoms with Crippen LogP contribution in [0.2, 0.25) is 0 Å². The average Bonchev–Trinajstić information content (AvgIpc) is 2.09. The van der Waals surface area contributed by atoms with Crippen LogP contribution in [-0.2, 0) is 6.54 Å². The summed E-state index contributed by atoms with van der Waals surface area (Å²) in [6.45, 7) is 1.73. The molecule has 0 spiro atoms. The second-order valence-electron chi connectivity index (χ2n) is 2.55. The highest BCUT2D eigenvalue weighted by Crippen LogP contribution is 2.14. The first-order valence-electron chi connectivity index (χ1n) is 3.93. The third kappa shape index (κ3) is 2.93. The highest BCUT2D eigenvalue weighted by Gasteiger charge is 1.95. The quantitative estimate of drug-likeness (QED) is 0.606. The van der Waals surface area contributed by atoms with Gasteiger partial charge in [0.2, 0.25) is 0 Å². The molecule has 0 aliphatic rings. The summed E-state index contributed by atoms with van der Waals surface area (Å²) in [5.74, 6) is 0. The average molecular weight is 229 g/mol. The molecule has 1 aromatic carbocycles. The summed E-state index contributed by atoms with van der Waals surface area (Å²) in [5, 5.41) is 6.28. The number of halogens is 1. The number of hydrogen-bond acceptors (Lipinski definition) is 2. The molecule has 2 nitrogen and oxygen atoms in total. The molecule has 0 aliphatic carbocycles. The van der Waals surface area contributed by atoms with Crippen molar-refractivity contribution in [1.29, 1.82) is 0 Å². The van der Waals surface area contributed by atoms with E-state index in [1.165, 1.54) is 5.56 Å². The van der Waals surface area contributed by atoms with Gasteiger partial charge in [-0.3, -0.25) is 0 Å². The number of hydrogen-bond donors (Lipinski definition) is 2. The van der Waals surface area contributed by atoms with Crippen molar-refractivity contribution in [2.24, 2.45) is 0 Å². The molecule has 3 heteroatoms. The molecule has 1 aromatic rings. The van der Waals surface area contributed by atoms with Gasteiger partial charge in [-0.25, -0.2) is 0 Å². The van der Waals surface area contributed by atoms with Gasteiger partial charge < -0.3 is 10.6 Å². The van der Waals surface area contributed by atoms with Crippen LogP contribution < -0.4 is 10.6 Å². The third-order valence-electron chi connectivity index (χ3n) is 1.58. The zero-order valence-corrected chi connectivity index (χ0v) is 8.69. The smallest absolute Gasteiger partial charge is 0.0454 e. The van der Waals surface area contributed by atoms with Crippen LogP contribution in [0, 0.1) is 0 Å². The maximum absolute atomic E-state index is 3.49. The summed E-state index contributed by atoms with van der Waals surface area (Å²) in [5.41, 5.74) is 1.28. The van der Waals surface area contributed by atoms with Crippen molar-refractivity contribution < 1.29 is 0 Å². The Morgan fingerprint density at radius 2 is 2.08 bits per heavy atom. The van der Waals surface area contributed by atoms with Gasteiger partial charge in [0.1, 0.15) is 0 Å². The van der Waals surface area contributed by atoms with Crippen molar-refractivity contribution >= 4 is 15.9 Å². The van der Waals surface area contributed by atoms with E-state index < -0.39 is 0 Å². The second-order valence-corrected chi connectivity index (χ2v) is 3.40. The summed E-state index contributed by atoms with van der Waals surface area (Å²) in [6, 6.07) is 8.22. The molecule has 0 unspecified atom stereocenters. The van der Waals surface area contributed by atoms with E-state index in [9.17, 15) is 0 Å². The van der Waals surface area contributed by atoms with Crippen molar-refractivity contribution in [2.75, 3.05) is 13.7 Å². The Kier molecular flexibility index (Phi) is 4.29. The Balaban J connectivity index is 2.46. The lowest BCUT2D eigenvalue weighted by Gasteiger charge is -2.05. The molecule has 0 saturated carbocycles. The molecule has 12 heavy (non-hydrogen) atoms. The third-order valence-corrected chi connectivity index (χ3v) is 2.35. The minimum absolute atomic E-state index is 0.835. The summed E-state index contributed by atoms with van der Waals surface area (Å²) < 4.78 is 1.16. The maximum Gasteiger partial charge on any atom is 0.0454 e. The molecule has 2 N–H and O–H groups in total. The largest absolute Gasteiger partial charge is 0.308 e. The van der Waals surface area contributed by atoms with Gasteiger partial charge in [0.05, 0.1) is 0 Å². The fourth-order valence-corrected chi connectivity index (χ4v) is 1.39. The van der Waals surface area contributed by atoms with Crippen molar-refractivity contribution in [1.82, 2.24) is 10.6 Å². The normalized spacial score (nSPS) is 10.2. The lowest BCUT2D eigenvalue weighted by Crippen LogP contribution is -2.25. The molecule has 0 atom stereocenters. The van der Waals surface area contributed by atoms with Crippen molar-refractivity contribution in [3.63, 3.8) is 0 Å². The van der Waals surface area contributed by atoms with E-state index in [2.05, 4.69) is 38.7 Å². The zero-order chi connectivity index (χ0) is 8.81. The first-order valence-corrected chi connectivity index (χ1v) is 4.72. The van der Waals surface area contributed by atoms with Gasteiger partial charge in [-0.05, 0) is 18.7 Å². The molecule has 0 aliphatic heterocycles. The number of rotatable bonds is 4. The Morgan fingerprint density at radius 1 is 1.33 bits per heavy atom. The van der Waals surface area contributed by atoms with Crippen LogP contribution in [0.1, 0.15) is 5.56 Å². The van der Waals surface area contributed by atoms with Crippen LogP contribution in [0.3, 0.4) is 0 Å². The van der Waals surface area contributed by atoms with Gasteiger partial charge in [0.15, 0.2) is 0 Å². The Hall–Kier alpha value is -0.380. The van der Waals surface area contributed by atoms with Gasteiger partial charge in [-0.15, -0.1) is 0 Å². The summed E-state index contributed by atoms with van der Waals surface area (Å²) >= 11 is 3.49. The van der Waals surface area contributed by atoms with Crippen molar-refractivity contribution in [3.05, 3.63) is 34.3 Å². The van der Waals surface area contributed by atoms with Gasteiger partial charge in [-0.1, -0.05) is 34.1 Å². The summed E-state index contributed by atoms with van der Waals surface area (Å²) in [6.07, 6.45) is 0. The molecule has 0 amide bonds. The summed E-state index contributed by atoms with van der Waals surface area (Å²) in [4.78, 5) is 0. The van der Waals surface area contributed by atoms with Crippen LogP contribution in [0.15, 0.2) is 28.7 Å². The molecule has 0 saturated heterocycles. The Morgan fingerprint density at radius 3 is 2.75 bits per heavy atom. The number of nitrogens with one attached hydrogen (secondary N) is 2. The molecule has 0 bridgehead atoms. The second kappa shape index (κ2) is 5.30. The van der Waals surface area contributed by atoms with E-state index in [-0.39, 0.29) is 0 Å². The van der Waals surface area contributed by atoms with Gasteiger partial charge in [-0.2, -0.15) is 0 Å². The van der Waals surface area contributed by atoms with E-state index in [1.54, 1.807) is 0 Å². The SMILES string of the molecule is CNCNCc1ccccc1Br. The maximum atomic E-state index is 3.49. The summed E-state index contributed by atoms with van der Waals surface area (Å²) in [7, 11) is 1.92. The zero-order valence-electron chi connectivity index (χ0n) is 7.10. The molecule has 1 rings (SSSR count). The van der Waals surface area contributed by atoms with E-state index in [0.717, 1.165) is 17.7 Å². The van der Waals surface area contributed by atoms with Crippen LogP contribution in [-0.4, -0.2) is 13.7 Å². The Bertz CT molecular complexity index is 238. The Labute approximate surface area is 81.5 Å². The first kappa shape index (κ1) is 9.71. The molecule has 0 radical (unpaired) electrons. The standard InChI is InChI=1S/C9H13BrN2/c1-11-7-12-6-8-4-2-3-5-9(8)10/h2-5,11-12H,6-7H2,1H3. The lowest BCUT2D eigenvalue weighted by atomic mass is 10.2. The molecule has 0 fully saturated rings. The molecule has 66 valence electrons. The lowest BCUT2D eigenvalue weighted by molar-refractivity contribution is 0.631. The number of benzene rings is 1. The fourth-order valence-electron chi connectivity index (χ4n) is 0.964. The van der Waals surface area contributed by atoms with E-state index in [0.29, 0.717) is 0 Å². The molecular weight excluding hydrogens is 216 g/mol. The van der Waals surface area contributed by atoms with Crippen LogP contribution in [0.25, 0.3) is 0 Å². The topological polar surface area (TPSA) is 24.1 Å². The van der Waals surface area contributed by atoms with E-state index in [4.69, 9.17) is 0 Å². The van der Waals surface area contributed by atoms with E-state index in [1.807, 2.05) is 19.2 Å². The monoisotopic (exact) mass is 228 g/mol. The van der Waals surface area contributed by atoms with Crippen LogP contribution in [0.4, 0.5) is 0 Å². The van der Waals surface area contributed by atoms with Crippen molar-refractivity contribution in [3.8, 4) is 0 Å².